The minimum Gasteiger partial charge on any atom is -0.274 e. The van der Waals surface area contributed by atoms with Gasteiger partial charge in [0.1, 0.15) is 0 Å². The summed E-state index contributed by atoms with van der Waals surface area (Å²) in [6.45, 7) is 0. The SMILES string of the molecule is O=C1[C@@H]2[C@H](C(=O)N1c1cccc(C(F)(F)F)c1)[C@@H]1C=C[C@@H]2C1. The van der Waals surface area contributed by atoms with Crippen LogP contribution in [0.4, 0.5) is 18.9 Å². The van der Waals surface area contributed by atoms with Crippen LogP contribution in [-0.2, 0) is 15.8 Å². The van der Waals surface area contributed by atoms with Crippen LogP contribution in [0.1, 0.15) is 12.0 Å². The van der Waals surface area contributed by atoms with Crippen molar-refractivity contribution in [1.29, 1.82) is 0 Å². The number of rotatable bonds is 1. The van der Waals surface area contributed by atoms with Crippen molar-refractivity contribution in [1.82, 2.24) is 0 Å². The molecular weight excluding hydrogens is 295 g/mol. The van der Waals surface area contributed by atoms with Gasteiger partial charge >= 0.3 is 6.18 Å². The minimum atomic E-state index is -4.50. The predicted molar refractivity (Wildman–Crippen MR) is 71.7 cm³/mol. The first-order valence-corrected chi connectivity index (χ1v) is 7.11. The number of fused-ring (bicyclic) bond motifs is 5. The van der Waals surface area contributed by atoms with Crippen LogP contribution >= 0.6 is 0 Å². The number of halogens is 3. The Morgan fingerprint density at radius 1 is 1.00 bits per heavy atom. The van der Waals surface area contributed by atoms with E-state index in [2.05, 4.69) is 0 Å². The van der Waals surface area contributed by atoms with Crippen LogP contribution in [0.2, 0.25) is 0 Å². The van der Waals surface area contributed by atoms with Crippen LogP contribution in [0.25, 0.3) is 0 Å². The Balaban J connectivity index is 1.73. The Morgan fingerprint density at radius 2 is 1.59 bits per heavy atom. The Labute approximate surface area is 124 Å². The molecule has 1 aromatic carbocycles. The van der Waals surface area contributed by atoms with Gasteiger partial charge in [-0.3, -0.25) is 14.5 Å². The Bertz CT molecular complexity index is 680. The molecule has 114 valence electrons. The first-order chi connectivity index (χ1) is 10.4. The molecule has 1 aliphatic heterocycles. The summed E-state index contributed by atoms with van der Waals surface area (Å²) in [5, 5.41) is 0. The molecule has 4 atom stereocenters. The topological polar surface area (TPSA) is 37.4 Å². The van der Waals surface area contributed by atoms with E-state index >= 15 is 0 Å². The van der Waals surface area contributed by atoms with E-state index in [9.17, 15) is 22.8 Å². The molecule has 1 saturated heterocycles. The molecule has 1 saturated carbocycles. The van der Waals surface area contributed by atoms with Crippen LogP contribution in [0.5, 0.6) is 0 Å². The van der Waals surface area contributed by atoms with Crippen molar-refractivity contribution in [3.05, 3.63) is 42.0 Å². The fraction of sp³-hybridized carbons (Fsp3) is 0.375. The molecule has 3 aliphatic rings. The van der Waals surface area contributed by atoms with Crippen LogP contribution in [0, 0.1) is 23.7 Å². The maximum atomic E-state index is 12.8. The molecule has 0 spiro atoms. The number of allylic oxidation sites excluding steroid dienone is 2. The lowest BCUT2D eigenvalue weighted by Crippen LogP contribution is -2.33. The summed E-state index contributed by atoms with van der Waals surface area (Å²) in [7, 11) is 0. The third-order valence-corrected chi connectivity index (χ3v) is 4.90. The van der Waals surface area contributed by atoms with E-state index in [1.807, 2.05) is 12.2 Å². The van der Waals surface area contributed by atoms with Crippen molar-refractivity contribution in [2.75, 3.05) is 4.90 Å². The normalized spacial score (nSPS) is 33.0. The van der Waals surface area contributed by atoms with Gasteiger partial charge in [0.25, 0.3) is 0 Å². The number of nitrogens with zero attached hydrogens (tertiary/aromatic N) is 1. The summed E-state index contributed by atoms with van der Waals surface area (Å²) in [6.07, 6.45) is 0.195. The fourth-order valence-corrected chi connectivity index (χ4v) is 3.98. The summed E-state index contributed by atoms with van der Waals surface area (Å²) in [6, 6.07) is 4.40. The van der Waals surface area contributed by atoms with Crippen molar-refractivity contribution in [3.8, 4) is 0 Å². The van der Waals surface area contributed by atoms with Crippen LogP contribution < -0.4 is 4.90 Å². The molecule has 0 N–H and O–H groups in total. The molecule has 6 heteroatoms. The van der Waals surface area contributed by atoms with E-state index < -0.39 is 23.6 Å². The highest BCUT2D eigenvalue weighted by Crippen LogP contribution is 2.53. The maximum absolute atomic E-state index is 12.8. The molecule has 2 fully saturated rings. The minimum absolute atomic E-state index is 0.0126. The largest absolute Gasteiger partial charge is 0.416 e. The van der Waals surface area contributed by atoms with Gasteiger partial charge in [-0.2, -0.15) is 13.2 Å². The van der Waals surface area contributed by atoms with E-state index in [0.717, 1.165) is 23.5 Å². The highest BCUT2D eigenvalue weighted by Gasteiger charge is 2.59. The Kier molecular flexibility index (Phi) is 2.59. The number of hydrogen-bond donors (Lipinski definition) is 0. The van der Waals surface area contributed by atoms with Gasteiger partial charge in [-0.25, -0.2) is 0 Å². The number of carbonyl (C=O) groups excluding carboxylic acids is 2. The smallest absolute Gasteiger partial charge is 0.274 e. The zero-order chi connectivity index (χ0) is 15.6. The summed E-state index contributed by atoms with van der Waals surface area (Å²) in [5.74, 6) is -1.46. The molecule has 0 aromatic heterocycles. The molecular formula is C16H12F3NO2. The third kappa shape index (κ3) is 1.69. The number of carbonyl (C=O) groups is 2. The summed E-state index contributed by atoms with van der Waals surface area (Å²) in [5.41, 5.74) is -0.845. The molecule has 4 rings (SSSR count). The standard InChI is InChI=1S/C16H12F3NO2/c17-16(18,19)10-2-1-3-11(7-10)20-14(21)12-8-4-5-9(6-8)13(12)15(20)22/h1-5,7-9,12-13H,6H2/t8-,9-,12-,13+/m1/s1. The van der Waals surface area contributed by atoms with Crippen LogP contribution in [0.15, 0.2) is 36.4 Å². The van der Waals surface area contributed by atoms with Crippen molar-refractivity contribution < 1.29 is 22.8 Å². The van der Waals surface area contributed by atoms with Crippen molar-refractivity contribution in [2.24, 2.45) is 23.7 Å². The lowest BCUT2D eigenvalue weighted by Gasteiger charge is -2.18. The van der Waals surface area contributed by atoms with E-state index in [1.165, 1.54) is 12.1 Å². The van der Waals surface area contributed by atoms with Crippen LogP contribution in [-0.4, -0.2) is 11.8 Å². The monoisotopic (exact) mass is 307 g/mol. The van der Waals surface area contributed by atoms with E-state index in [4.69, 9.17) is 0 Å². The second-order valence-corrected chi connectivity index (χ2v) is 6.06. The zero-order valence-electron chi connectivity index (χ0n) is 11.4. The second-order valence-electron chi connectivity index (χ2n) is 6.06. The van der Waals surface area contributed by atoms with Crippen LogP contribution in [0.3, 0.4) is 0 Å². The molecule has 1 heterocycles. The van der Waals surface area contributed by atoms with Gasteiger partial charge in [0.15, 0.2) is 0 Å². The zero-order valence-corrected chi connectivity index (χ0v) is 11.4. The highest BCUT2D eigenvalue weighted by molar-refractivity contribution is 6.22. The first kappa shape index (κ1) is 13.5. The number of benzene rings is 1. The number of alkyl halides is 3. The molecule has 0 radical (unpaired) electrons. The summed E-state index contributed by atoms with van der Waals surface area (Å²) >= 11 is 0. The number of amides is 2. The van der Waals surface area contributed by atoms with Gasteiger partial charge in [0, 0.05) is 0 Å². The molecule has 2 amide bonds. The molecule has 22 heavy (non-hydrogen) atoms. The van der Waals surface area contributed by atoms with Gasteiger partial charge in [0.2, 0.25) is 11.8 Å². The third-order valence-electron chi connectivity index (χ3n) is 4.90. The number of imide groups is 1. The van der Waals surface area contributed by atoms with Crippen molar-refractivity contribution >= 4 is 17.5 Å². The number of anilines is 1. The van der Waals surface area contributed by atoms with Crippen molar-refractivity contribution in [3.63, 3.8) is 0 Å². The van der Waals surface area contributed by atoms with Gasteiger partial charge in [-0.15, -0.1) is 0 Å². The van der Waals surface area contributed by atoms with E-state index in [1.54, 1.807) is 0 Å². The predicted octanol–water partition coefficient (Wildman–Crippen LogP) is 3.02. The van der Waals surface area contributed by atoms with Crippen molar-refractivity contribution in [2.45, 2.75) is 12.6 Å². The lowest BCUT2D eigenvalue weighted by atomic mass is 9.85. The summed E-state index contributed by atoms with van der Waals surface area (Å²) in [4.78, 5) is 26.0. The number of hydrogen-bond acceptors (Lipinski definition) is 2. The Hall–Kier alpha value is -2.11. The Morgan fingerprint density at radius 3 is 2.14 bits per heavy atom. The molecule has 2 bridgehead atoms. The lowest BCUT2D eigenvalue weighted by molar-refractivity contribution is -0.137. The fourth-order valence-electron chi connectivity index (χ4n) is 3.98. The molecule has 3 nitrogen and oxygen atoms in total. The van der Waals surface area contributed by atoms with Gasteiger partial charge in [0.05, 0.1) is 23.1 Å². The van der Waals surface area contributed by atoms with Gasteiger partial charge < -0.3 is 0 Å². The maximum Gasteiger partial charge on any atom is 0.416 e. The molecule has 2 aliphatic carbocycles. The van der Waals surface area contributed by atoms with E-state index in [-0.39, 0.29) is 29.3 Å². The van der Waals surface area contributed by atoms with E-state index in [0.29, 0.717) is 0 Å². The molecule has 0 unspecified atom stereocenters. The summed E-state index contributed by atoms with van der Waals surface area (Å²) < 4.78 is 38.4. The molecule has 1 aromatic rings. The van der Waals surface area contributed by atoms with Gasteiger partial charge in [-0.1, -0.05) is 18.2 Å². The highest BCUT2D eigenvalue weighted by atomic mass is 19.4. The first-order valence-electron chi connectivity index (χ1n) is 7.11. The average molecular weight is 307 g/mol. The average Bonchev–Trinajstić information content (AvgIpc) is 3.12. The second kappa shape index (κ2) is 4.21. The quantitative estimate of drug-likeness (QED) is 0.591. The van der Waals surface area contributed by atoms with Gasteiger partial charge in [-0.05, 0) is 36.5 Å².